The second-order valence-corrected chi connectivity index (χ2v) is 5.76. The Morgan fingerprint density at radius 1 is 1.14 bits per heavy atom. The van der Waals surface area contributed by atoms with E-state index >= 15 is 0 Å². The number of pyridine rings is 2. The average molecular weight is 295 g/mol. The van der Waals surface area contributed by atoms with E-state index in [2.05, 4.69) is 16.0 Å². The van der Waals surface area contributed by atoms with E-state index in [1.54, 1.807) is 12.4 Å². The van der Waals surface area contributed by atoms with Crippen LogP contribution in [-0.2, 0) is 11.2 Å². The largest absolute Gasteiger partial charge is 0.343 e. The monoisotopic (exact) mass is 295 g/mol. The summed E-state index contributed by atoms with van der Waals surface area (Å²) in [5.74, 6) is 0.781. The van der Waals surface area contributed by atoms with E-state index in [1.165, 1.54) is 5.56 Å². The minimum absolute atomic E-state index is 0.246. The van der Waals surface area contributed by atoms with Crippen LogP contribution in [0.1, 0.15) is 36.4 Å². The summed E-state index contributed by atoms with van der Waals surface area (Å²) in [6.45, 7) is 1.70. The highest BCUT2D eigenvalue weighted by atomic mass is 16.2. The van der Waals surface area contributed by atoms with E-state index in [-0.39, 0.29) is 5.91 Å². The van der Waals surface area contributed by atoms with Crippen molar-refractivity contribution < 1.29 is 4.79 Å². The molecule has 4 nitrogen and oxygen atoms in total. The normalized spacial score (nSPS) is 15.7. The van der Waals surface area contributed by atoms with Crippen molar-refractivity contribution in [1.82, 2.24) is 14.9 Å². The third-order valence-electron chi connectivity index (χ3n) is 4.32. The number of likely N-dealkylation sites (tertiary alicyclic amines) is 1. The number of rotatable bonds is 4. The SMILES string of the molecule is O=C(CCc1ccccn1)N1CCC(c2cccnc2)CC1. The zero-order chi connectivity index (χ0) is 15.2. The summed E-state index contributed by atoms with van der Waals surface area (Å²) in [5, 5.41) is 0. The minimum Gasteiger partial charge on any atom is -0.343 e. The van der Waals surface area contributed by atoms with Gasteiger partial charge >= 0.3 is 0 Å². The zero-order valence-electron chi connectivity index (χ0n) is 12.7. The van der Waals surface area contributed by atoms with Crippen molar-refractivity contribution in [1.29, 1.82) is 0 Å². The fourth-order valence-electron chi connectivity index (χ4n) is 3.02. The molecule has 3 rings (SSSR count). The number of hydrogen-bond donors (Lipinski definition) is 0. The highest BCUT2D eigenvalue weighted by Crippen LogP contribution is 2.27. The molecule has 1 fully saturated rings. The first-order valence-electron chi connectivity index (χ1n) is 7.90. The Morgan fingerprint density at radius 2 is 2.00 bits per heavy atom. The molecule has 1 aliphatic heterocycles. The number of aryl methyl sites for hydroxylation is 1. The van der Waals surface area contributed by atoms with Crippen LogP contribution in [0.15, 0.2) is 48.9 Å². The highest BCUT2D eigenvalue weighted by molar-refractivity contribution is 5.76. The summed E-state index contributed by atoms with van der Waals surface area (Å²) in [4.78, 5) is 22.8. The number of nitrogens with zero attached hydrogens (tertiary/aromatic N) is 3. The van der Waals surface area contributed by atoms with Gasteiger partial charge in [-0.1, -0.05) is 12.1 Å². The molecule has 4 heteroatoms. The summed E-state index contributed by atoms with van der Waals surface area (Å²) in [7, 11) is 0. The highest BCUT2D eigenvalue weighted by Gasteiger charge is 2.23. The first kappa shape index (κ1) is 14.7. The molecule has 0 N–H and O–H groups in total. The maximum atomic E-state index is 12.3. The Hall–Kier alpha value is -2.23. The second kappa shape index (κ2) is 7.16. The molecule has 0 unspecified atom stereocenters. The van der Waals surface area contributed by atoms with Crippen LogP contribution >= 0.6 is 0 Å². The summed E-state index contributed by atoms with van der Waals surface area (Å²) in [6, 6.07) is 9.96. The smallest absolute Gasteiger partial charge is 0.222 e. The lowest BCUT2D eigenvalue weighted by atomic mass is 9.90. The Morgan fingerprint density at radius 3 is 2.68 bits per heavy atom. The predicted octanol–water partition coefficient (Wildman–Crippen LogP) is 2.82. The van der Waals surface area contributed by atoms with Crippen molar-refractivity contribution >= 4 is 5.91 Å². The third-order valence-corrected chi connectivity index (χ3v) is 4.32. The Kier molecular flexibility index (Phi) is 4.78. The maximum Gasteiger partial charge on any atom is 0.222 e. The van der Waals surface area contributed by atoms with Gasteiger partial charge in [0.1, 0.15) is 0 Å². The van der Waals surface area contributed by atoms with Crippen molar-refractivity contribution in [3.63, 3.8) is 0 Å². The lowest BCUT2D eigenvalue weighted by Crippen LogP contribution is -2.38. The molecular weight excluding hydrogens is 274 g/mol. The maximum absolute atomic E-state index is 12.3. The molecular formula is C18H21N3O. The van der Waals surface area contributed by atoms with Gasteiger partial charge in [0.25, 0.3) is 0 Å². The van der Waals surface area contributed by atoms with E-state index in [9.17, 15) is 4.79 Å². The van der Waals surface area contributed by atoms with Crippen LogP contribution in [0.5, 0.6) is 0 Å². The zero-order valence-corrected chi connectivity index (χ0v) is 12.7. The number of amides is 1. The molecule has 2 aromatic heterocycles. The molecule has 2 aromatic rings. The summed E-state index contributed by atoms with van der Waals surface area (Å²) in [6.07, 6.45) is 8.86. The topological polar surface area (TPSA) is 46.1 Å². The lowest BCUT2D eigenvalue weighted by molar-refractivity contribution is -0.132. The first-order valence-corrected chi connectivity index (χ1v) is 7.90. The molecule has 0 radical (unpaired) electrons. The first-order chi connectivity index (χ1) is 10.8. The predicted molar refractivity (Wildman–Crippen MR) is 85.4 cm³/mol. The van der Waals surface area contributed by atoms with E-state index in [0.717, 1.165) is 38.0 Å². The molecule has 0 aromatic carbocycles. The quantitative estimate of drug-likeness (QED) is 0.871. The molecule has 0 aliphatic carbocycles. The van der Waals surface area contributed by atoms with Gasteiger partial charge in [-0.3, -0.25) is 14.8 Å². The minimum atomic E-state index is 0.246. The number of carbonyl (C=O) groups is 1. The average Bonchev–Trinajstić information content (AvgIpc) is 2.61. The van der Waals surface area contributed by atoms with Gasteiger partial charge in [-0.05, 0) is 48.9 Å². The molecule has 3 heterocycles. The second-order valence-electron chi connectivity index (χ2n) is 5.76. The summed E-state index contributed by atoms with van der Waals surface area (Å²) >= 11 is 0. The molecule has 22 heavy (non-hydrogen) atoms. The van der Waals surface area contributed by atoms with Gasteiger partial charge < -0.3 is 4.90 Å². The Bertz CT molecular complexity index is 592. The molecule has 1 amide bonds. The van der Waals surface area contributed by atoms with Crippen LogP contribution in [0.25, 0.3) is 0 Å². The fraction of sp³-hybridized carbons (Fsp3) is 0.389. The lowest BCUT2D eigenvalue weighted by Gasteiger charge is -2.32. The van der Waals surface area contributed by atoms with E-state index < -0.39 is 0 Å². The van der Waals surface area contributed by atoms with Crippen LogP contribution in [0.4, 0.5) is 0 Å². The molecule has 1 saturated heterocycles. The number of carbonyl (C=O) groups excluding carboxylic acids is 1. The van der Waals surface area contributed by atoms with Crippen LogP contribution in [0.2, 0.25) is 0 Å². The number of hydrogen-bond acceptors (Lipinski definition) is 3. The summed E-state index contributed by atoms with van der Waals surface area (Å²) < 4.78 is 0. The molecule has 1 aliphatic rings. The van der Waals surface area contributed by atoms with Crippen molar-refractivity contribution in [2.75, 3.05) is 13.1 Å². The van der Waals surface area contributed by atoms with E-state index in [1.807, 2.05) is 35.4 Å². The van der Waals surface area contributed by atoms with Gasteiger partial charge in [-0.15, -0.1) is 0 Å². The molecule has 0 saturated carbocycles. The van der Waals surface area contributed by atoms with Crippen LogP contribution < -0.4 is 0 Å². The van der Waals surface area contributed by atoms with Gasteiger partial charge in [0.15, 0.2) is 0 Å². The summed E-state index contributed by atoms with van der Waals surface area (Å²) in [5.41, 5.74) is 2.28. The van der Waals surface area contributed by atoms with Crippen molar-refractivity contribution in [2.24, 2.45) is 0 Å². The van der Waals surface area contributed by atoms with Crippen molar-refractivity contribution in [3.8, 4) is 0 Å². The standard InChI is InChI=1S/C18H21N3O/c22-18(7-6-17-5-1-2-11-20-17)21-12-8-15(9-13-21)16-4-3-10-19-14-16/h1-5,10-11,14-15H,6-9,12-13H2. The van der Waals surface area contributed by atoms with E-state index in [0.29, 0.717) is 12.3 Å². The number of aromatic nitrogens is 2. The Balaban J connectivity index is 1.48. The van der Waals surface area contributed by atoms with Crippen LogP contribution in [0, 0.1) is 0 Å². The van der Waals surface area contributed by atoms with Crippen molar-refractivity contribution in [2.45, 2.75) is 31.6 Å². The van der Waals surface area contributed by atoms with Gasteiger partial charge in [0, 0.05) is 43.8 Å². The third kappa shape index (κ3) is 3.70. The van der Waals surface area contributed by atoms with Crippen LogP contribution in [0.3, 0.4) is 0 Å². The number of piperidine rings is 1. The van der Waals surface area contributed by atoms with Gasteiger partial charge in [-0.25, -0.2) is 0 Å². The fourth-order valence-corrected chi connectivity index (χ4v) is 3.02. The molecule has 0 bridgehead atoms. The van der Waals surface area contributed by atoms with E-state index in [4.69, 9.17) is 0 Å². The van der Waals surface area contributed by atoms with Gasteiger partial charge in [-0.2, -0.15) is 0 Å². The van der Waals surface area contributed by atoms with Crippen molar-refractivity contribution in [3.05, 3.63) is 60.2 Å². The van der Waals surface area contributed by atoms with Crippen LogP contribution in [-0.4, -0.2) is 33.9 Å². The van der Waals surface area contributed by atoms with Gasteiger partial charge in [0.05, 0.1) is 0 Å². The molecule has 114 valence electrons. The van der Waals surface area contributed by atoms with Gasteiger partial charge in [0.2, 0.25) is 5.91 Å². The Labute approximate surface area is 131 Å². The molecule has 0 atom stereocenters. The molecule has 0 spiro atoms.